The predicted octanol–water partition coefficient (Wildman–Crippen LogP) is 1.90. The summed E-state index contributed by atoms with van der Waals surface area (Å²) >= 11 is 0. The summed E-state index contributed by atoms with van der Waals surface area (Å²) in [5, 5.41) is 6.48. The lowest BCUT2D eigenvalue weighted by atomic mass is 10.2. The number of hydrogen-bond donors (Lipinski definition) is 2. The summed E-state index contributed by atoms with van der Waals surface area (Å²) in [6, 6.07) is 6.49. The van der Waals surface area contributed by atoms with Crippen molar-refractivity contribution in [3.63, 3.8) is 0 Å². The van der Waals surface area contributed by atoms with E-state index in [0.29, 0.717) is 6.54 Å². The summed E-state index contributed by atoms with van der Waals surface area (Å²) in [6.07, 6.45) is 2.64. The maximum atomic E-state index is 12.7. The molecule has 17 heavy (non-hydrogen) atoms. The van der Waals surface area contributed by atoms with Gasteiger partial charge in [-0.15, -0.1) is 0 Å². The highest BCUT2D eigenvalue weighted by Crippen LogP contribution is 2.27. The Hall–Kier alpha value is -1.58. The maximum absolute atomic E-state index is 12.7. The van der Waals surface area contributed by atoms with Gasteiger partial charge in [-0.2, -0.15) is 0 Å². The van der Waals surface area contributed by atoms with E-state index in [1.54, 1.807) is 19.2 Å². The molecule has 1 saturated carbocycles. The molecule has 0 radical (unpaired) electrons. The average Bonchev–Trinajstić information content (AvgIpc) is 3.15. The van der Waals surface area contributed by atoms with Gasteiger partial charge < -0.3 is 10.6 Å². The molecule has 3 nitrogen and oxygen atoms in total. The first-order valence-electron chi connectivity index (χ1n) is 5.97. The standard InChI is InChI=1S/C13H18FN3/c1-15-13(16-8-10-2-3-10)17-9-11-4-6-12(14)7-5-11/h4-7,10H,2-3,8-9H2,1H3,(H2,15,16,17). The first-order valence-corrected chi connectivity index (χ1v) is 5.97. The molecule has 92 valence electrons. The van der Waals surface area contributed by atoms with Crippen LogP contribution in [0.4, 0.5) is 4.39 Å². The molecule has 0 aromatic heterocycles. The minimum absolute atomic E-state index is 0.204. The van der Waals surface area contributed by atoms with Gasteiger partial charge >= 0.3 is 0 Å². The first-order chi connectivity index (χ1) is 8.28. The molecule has 1 aromatic rings. The van der Waals surface area contributed by atoms with Crippen molar-refractivity contribution in [2.45, 2.75) is 19.4 Å². The minimum atomic E-state index is -0.204. The largest absolute Gasteiger partial charge is 0.356 e. The van der Waals surface area contributed by atoms with Crippen molar-refractivity contribution in [3.8, 4) is 0 Å². The van der Waals surface area contributed by atoms with Crippen LogP contribution in [0.3, 0.4) is 0 Å². The molecule has 0 atom stereocenters. The molecule has 1 aromatic carbocycles. The van der Waals surface area contributed by atoms with E-state index in [-0.39, 0.29) is 5.82 Å². The molecule has 0 spiro atoms. The van der Waals surface area contributed by atoms with E-state index in [0.717, 1.165) is 24.0 Å². The fourth-order valence-corrected chi connectivity index (χ4v) is 1.57. The monoisotopic (exact) mass is 235 g/mol. The zero-order valence-corrected chi connectivity index (χ0v) is 10.0. The number of benzene rings is 1. The normalized spacial score (nSPS) is 15.8. The third kappa shape index (κ3) is 4.06. The fraction of sp³-hybridized carbons (Fsp3) is 0.462. The van der Waals surface area contributed by atoms with Crippen LogP contribution in [0.15, 0.2) is 29.3 Å². The van der Waals surface area contributed by atoms with E-state index in [9.17, 15) is 4.39 Å². The Morgan fingerprint density at radius 1 is 1.29 bits per heavy atom. The van der Waals surface area contributed by atoms with Gasteiger partial charge in [0, 0.05) is 20.1 Å². The summed E-state index contributed by atoms with van der Waals surface area (Å²) in [4.78, 5) is 4.14. The smallest absolute Gasteiger partial charge is 0.191 e. The Bertz CT molecular complexity index is 382. The highest BCUT2D eigenvalue weighted by atomic mass is 19.1. The third-order valence-corrected chi connectivity index (χ3v) is 2.85. The molecule has 0 heterocycles. The van der Waals surface area contributed by atoms with Crippen molar-refractivity contribution in [1.29, 1.82) is 0 Å². The van der Waals surface area contributed by atoms with Crippen LogP contribution >= 0.6 is 0 Å². The average molecular weight is 235 g/mol. The Balaban J connectivity index is 1.76. The molecule has 4 heteroatoms. The molecule has 0 aliphatic heterocycles. The summed E-state index contributed by atoms with van der Waals surface area (Å²) in [7, 11) is 1.76. The van der Waals surface area contributed by atoms with E-state index < -0.39 is 0 Å². The molecule has 1 fully saturated rings. The topological polar surface area (TPSA) is 36.4 Å². The number of halogens is 1. The van der Waals surface area contributed by atoms with Crippen LogP contribution in [0.2, 0.25) is 0 Å². The Labute approximate surface area is 101 Å². The predicted molar refractivity (Wildman–Crippen MR) is 67.3 cm³/mol. The first kappa shape index (κ1) is 11.9. The zero-order valence-electron chi connectivity index (χ0n) is 10.0. The van der Waals surface area contributed by atoms with Crippen LogP contribution in [0, 0.1) is 11.7 Å². The summed E-state index contributed by atoms with van der Waals surface area (Å²) in [5.74, 6) is 1.42. The van der Waals surface area contributed by atoms with Crippen LogP contribution in [0.1, 0.15) is 18.4 Å². The van der Waals surface area contributed by atoms with Gasteiger partial charge in [-0.05, 0) is 36.5 Å². The minimum Gasteiger partial charge on any atom is -0.356 e. The summed E-state index contributed by atoms with van der Waals surface area (Å²) in [5.41, 5.74) is 1.04. The quantitative estimate of drug-likeness (QED) is 0.617. The molecular formula is C13H18FN3. The molecule has 0 unspecified atom stereocenters. The second kappa shape index (κ2) is 5.66. The van der Waals surface area contributed by atoms with E-state index in [2.05, 4.69) is 15.6 Å². The van der Waals surface area contributed by atoms with Crippen molar-refractivity contribution in [3.05, 3.63) is 35.6 Å². The van der Waals surface area contributed by atoms with E-state index in [1.807, 2.05) is 0 Å². The SMILES string of the molecule is CN=C(NCc1ccc(F)cc1)NCC1CC1. The summed E-state index contributed by atoms with van der Waals surface area (Å²) < 4.78 is 12.7. The van der Waals surface area contributed by atoms with Crippen molar-refractivity contribution in [2.24, 2.45) is 10.9 Å². The van der Waals surface area contributed by atoms with Gasteiger partial charge in [0.15, 0.2) is 5.96 Å². The molecule has 0 amide bonds. The molecular weight excluding hydrogens is 217 g/mol. The van der Waals surface area contributed by atoms with Gasteiger partial charge in [0.1, 0.15) is 5.82 Å². The second-order valence-corrected chi connectivity index (χ2v) is 4.38. The number of nitrogens with one attached hydrogen (secondary N) is 2. The Morgan fingerprint density at radius 2 is 2.00 bits per heavy atom. The highest BCUT2D eigenvalue weighted by molar-refractivity contribution is 5.79. The molecule has 0 saturated heterocycles. The third-order valence-electron chi connectivity index (χ3n) is 2.85. The molecule has 0 bridgehead atoms. The Morgan fingerprint density at radius 3 is 2.59 bits per heavy atom. The van der Waals surface area contributed by atoms with Crippen LogP contribution in [0.5, 0.6) is 0 Å². The lowest BCUT2D eigenvalue weighted by Crippen LogP contribution is -2.37. The number of hydrogen-bond acceptors (Lipinski definition) is 1. The maximum Gasteiger partial charge on any atom is 0.191 e. The second-order valence-electron chi connectivity index (χ2n) is 4.38. The van der Waals surface area contributed by atoms with E-state index >= 15 is 0 Å². The number of aliphatic imine (C=N–C) groups is 1. The van der Waals surface area contributed by atoms with Gasteiger partial charge in [0.25, 0.3) is 0 Å². The van der Waals surface area contributed by atoms with Crippen LogP contribution in [0.25, 0.3) is 0 Å². The van der Waals surface area contributed by atoms with Gasteiger partial charge in [0.2, 0.25) is 0 Å². The summed E-state index contributed by atoms with van der Waals surface area (Å²) in [6.45, 7) is 1.65. The van der Waals surface area contributed by atoms with Crippen molar-refractivity contribution in [2.75, 3.05) is 13.6 Å². The van der Waals surface area contributed by atoms with Crippen LogP contribution in [-0.4, -0.2) is 19.6 Å². The van der Waals surface area contributed by atoms with E-state index in [4.69, 9.17) is 0 Å². The number of rotatable bonds is 4. The van der Waals surface area contributed by atoms with Crippen molar-refractivity contribution < 1.29 is 4.39 Å². The molecule has 1 aliphatic carbocycles. The van der Waals surface area contributed by atoms with Crippen molar-refractivity contribution in [1.82, 2.24) is 10.6 Å². The molecule has 2 N–H and O–H groups in total. The van der Waals surface area contributed by atoms with Gasteiger partial charge in [-0.1, -0.05) is 12.1 Å². The fourth-order valence-electron chi connectivity index (χ4n) is 1.57. The van der Waals surface area contributed by atoms with Crippen LogP contribution in [-0.2, 0) is 6.54 Å². The number of nitrogens with zero attached hydrogens (tertiary/aromatic N) is 1. The van der Waals surface area contributed by atoms with Gasteiger partial charge in [-0.25, -0.2) is 4.39 Å². The van der Waals surface area contributed by atoms with Crippen molar-refractivity contribution >= 4 is 5.96 Å². The zero-order chi connectivity index (χ0) is 12.1. The van der Waals surface area contributed by atoms with Gasteiger partial charge in [0.05, 0.1) is 0 Å². The molecule has 2 rings (SSSR count). The lowest BCUT2D eigenvalue weighted by Gasteiger charge is -2.11. The number of guanidine groups is 1. The lowest BCUT2D eigenvalue weighted by molar-refractivity contribution is 0.626. The van der Waals surface area contributed by atoms with Crippen LogP contribution < -0.4 is 10.6 Å². The van der Waals surface area contributed by atoms with E-state index in [1.165, 1.54) is 25.0 Å². The highest BCUT2D eigenvalue weighted by Gasteiger charge is 2.20. The molecule has 1 aliphatic rings. The Kier molecular flexibility index (Phi) is 3.96. The van der Waals surface area contributed by atoms with Gasteiger partial charge in [-0.3, -0.25) is 4.99 Å².